The average molecular weight is 258 g/mol. The minimum Gasteiger partial charge on any atom is -0.478 e. The van der Waals surface area contributed by atoms with E-state index in [1.165, 1.54) is 6.07 Å². The SMILES string of the molecule is N#Cc1c(OC(F)F)cc(C(=O)O)cc1[N+](=O)[O-]. The third-order valence-corrected chi connectivity index (χ3v) is 1.85. The molecule has 0 aliphatic rings. The van der Waals surface area contributed by atoms with Crippen molar-refractivity contribution in [3.8, 4) is 11.8 Å². The highest BCUT2D eigenvalue weighted by molar-refractivity contribution is 5.90. The molecule has 1 aromatic rings. The molecule has 18 heavy (non-hydrogen) atoms. The van der Waals surface area contributed by atoms with Gasteiger partial charge in [-0.3, -0.25) is 10.1 Å². The number of carboxylic acid groups (broad SMARTS) is 1. The Labute approximate surface area is 98.0 Å². The van der Waals surface area contributed by atoms with Crippen LogP contribution in [0.1, 0.15) is 15.9 Å². The molecule has 7 nitrogen and oxygen atoms in total. The summed E-state index contributed by atoms with van der Waals surface area (Å²) in [6.07, 6.45) is 0. The van der Waals surface area contributed by atoms with Gasteiger partial charge in [-0.1, -0.05) is 0 Å². The van der Waals surface area contributed by atoms with Crippen LogP contribution >= 0.6 is 0 Å². The van der Waals surface area contributed by atoms with E-state index >= 15 is 0 Å². The van der Waals surface area contributed by atoms with Crippen molar-refractivity contribution < 1.29 is 28.3 Å². The summed E-state index contributed by atoms with van der Waals surface area (Å²) in [5, 5.41) is 27.9. The van der Waals surface area contributed by atoms with Crippen molar-refractivity contribution in [2.45, 2.75) is 6.61 Å². The highest BCUT2D eigenvalue weighted by Gasteiger charge is 2.24. The monoisotopic (exact) mass is 258 g/mol. The van der Waals surface area contributed by atoms with Gasteiger partial charge in [0, 0.05) is 6.07 Å². The van der Waals surface area contributed by atoms with Gasteiger partial charge in [0.1, 0.15) is 6.07 Å². The van der Waals surface area contributed by atoms with Gasteiger partial charge in [0.2, 0.25) is 0 Å². The number of carbonyl (C=O) groups is 1. The number of ether oxygens (including phenoxy) is 1. The van der Waals surface area contributed by atoms with Crippen LogP contribution in [0, 0.1) is 21.4 Å². The number of nitro benzene ring substituents is 1. The quantitative estimate of drug-likeness (QED) is 0.650. The van der Waals surface area contributed by atoms with Crippen molar-refractivity contribution in [2.75, 3.05) is 0 Å². The fourth-order valence-corrected chi connectivity index (χ4v) is 1.17. The molecule has 0 fully saturated rings. The summed E-state index contributed by atoms with van der Waals surface area (Å²) in [5.41, 5.74) is -2.30. The fraction of sp³-hybridized carbons (Fsp3) is 0.111. The first-order valence-corrected chi connectivity index (χ1v) is 4.27. The molecule has 0 saturated heterocycles. The maximum Gasteiger partial charge on any atom is 0.387 e. The number of nitriles is 1. The lowest BCUT2D eigenvalue weighted by Crippen LogP contribution is -2.07. The summed E-state index contributed by atoms with van der Waals surface area (Å²) < 4.78 is 28.0. The van der Waals surface area contributed by atoms with Crippen molar-refractivity contribution in [3.63, 3.8) is 0 Å². The Balaban J connectivity index is 3.52. The maximum atomic E-state index is 12.1. The molecule has 9 heteroatoms. The first-order valence-electron chi connectivity index (χ1n) is 4.27. The zero-order chi connectivity index (χ0) is 13.9. The number of hydrogen-bond donors (Lipinski definition) is 1. The minimum absolute atomic E-state index is 0.596. The van der Waals surface area contributed by atoms with Crippen LogP contribution in [0.5, 0.6) is 5.75 Å². The van der Waals surface area contributed by atoms with E-state index in [4.69, 9.17) is 10.4 Å². The van der Waals surface area contributed by atoms with Gasteiger partial charge in [-0.2, -0.15) is 14.0 Å². The number of aromatic carboxylic acids is 1. The maximum absolute atomic E-state index is 12.1. The van der Waals surface area contributed by atoms with Crippen LogP contribution in [0.4, 0.5) is 14.5 Å². The van der Waals surface area contributed by atoms with Crippen LogP contribution in [-0.2, 0) is 0 Å². The highest BCUT2D eigenvalue weighted by Crippen LogP contribution is 2.30. The number of nitro groups is 1. The Morgan fingerprint density at radius 3 is 2.56 bits per heavy atom. The van der Waals surface area contributed by atoms with E-state index in [1.54, 1.807) is 0 Å². The third kappa shape index (κ3) is 2.67. The van der Waals surface area contributed by atoms with E-state index in [0.29, 0.717) is 12.1 Å². The topological polar surface area (TPSA) is 113 Å². The molecule has 0 spiro atoms. The minimum atomic E-state index is -3.33. The van der Waals surface area contributed by atoms with E-state index in [2.05, 4.69) is 4.74 Å². The smallest absolute Gasteiger partial charge is 0.387 e. The summed E-state index contributed by atoms with van der Waals surface area (Å²) in [6, 6.07) is 2.55. The summed E-state index contributed by atoms with van der Waals surface area (Å²) in [7, 11) is 0. The summed E-state index contributed by atoms with van der Waals surface area (Å²) >= 11 is 0. The molecular formula is C9H4F2N2O5. The van der Waals surface area contributed by atoms with Gasteiger partial charge in [-0.15, -0.1) is 0 Å². The van der Waals surface area contributed by atoms with Crippen molar-refractivity contribution in [3.05, 3.63) is 33.4 Å². The molecule has 0 aliphatic carbocycles. The Kier molecular flexibility index (Phi) is 3.73. The van der Waals surface area contributed by atoms with Crippen LogP contribution in [0.25, 0.3) is 0 Å². The summed E-state index contributed by atoms with van der Waals surface area (Å²) in [4.78, 5) is 20.2. The normalized spacial score (nSPS) is 9.89. The van der Waals surface area contributed by atoms with E-state index < -0.39 is 40.1 Å². The van der Waals surface area contributed by atoms with Gasteiger partial charge in [0.25, 0.3) is 5.69 Å². The van der Waals surface area contributed by atoms with Crippen molar-refractivity contribution >= 4 is 11.7 Å². The molecule has 0 unspecified atom stereocenters. The average Bonchev–Trinajstić information content (AvgIpc) is 2.26. The Bertz CT molecular complexity index is 553. The summed E-state index contributed by atoms with van der Waals surface area (Å²) in [6.45, 7) is -3.33. The van der Waals surface area contributed by atoms with Gasteiger partial charge in [0.15, 0.2) is 11.3 Å². The standard InChI is InChI=1S/C9H4F2N2O5/c10-9(11)18-7-2-4(8(14)15)1-6(13(16)17)5(7)3-12/h1-2,9H,(H,14,15). The lowest BCUT2D eigenvalue weighted by atomic mass is 10.1. The van der Waals surface area contributed by atoms with Gasteiger partial charge in [-0.05, 0) is 6.07 Å². The molecule has 0 amide bonds. The molecule has 0 saturated carbocycles. The van der Waals surface area contributed by atoms with Crippen molar-refractivity contribution in [1.82, 2.24) is 0 Å². The largest absolute Gasteiger partial charge is 0.478 e. The van der Waals surface area contributed by atoms with Crippen LogP contribution in [0.15, 0.2) is 12.1 Å². The number of hydrogen-bond acceptors (Lipinski definition) is 5. The third-order valence-electron chi connectivity index (χ3n) is 1.85. The Morgan fingerprint density at radius 1 is 1.56 bits per heavy atom. The van der Waals surface area contributed by atoms with E-state index in [9.17, 15) is 23.7 Å². The van der Waals surface area contributed by atoms with Crippen molar-refractivity contribution in [2.24, 2.45) is 0 Å². The number of benzene rings is 1. The molecule has 0 radical (unpaired) electrons. The predicted molar refractivity (Wildman–Crippen MR) is 51.4 cm³/mol. The van der Waals surface area contributed by atoms with Crippen LogP contribution in [0.2, 0.25) is 0 Å². The number of rotatable bonds is 4. The lowest BCUT2D eigenvalue weighted by Gasteiger charge is -2.07. The number of alkyl halides is 2. The molecule has 0 heterocycles. The van der Waals surface area contributed by atoms with Gasteiger partial charge < -0.3 is 9.84 Å². The van der Waals surface area contributed by atoms with Crippen LogP contribution < -0.4 is 4.74 Å². The number of halogens is 2. The van der Waals surface area contributed by atoms with E-state index in [-0.39, 0.29) is 0 Å². The predicted octanol–water partition coefficient (Wildman–Crippen LogP) is 1.77. The zero-order valence-electron chi connectivity index (χ0n) is 8.46. The molecule has 94 valence electrons. The van der Waals surface area contributed by atoms with E-state index in [1.807, 2.05) is 0 Å². The van der Waals surface area contributed by atoms with Crippen LogP contribution in [-0.4, -0.2) is 22.6 Å². The first-order chi connectivity index (χ1) is 8.36. The second-order valence-electron chi connectivity index (χ2n) is 2.92. The van der Waals surface area contributed by atoms with Crippen molar-refractivity contribution in [1.29, 1.82) is 5.26 Å². The number of carboxylic acids is 1. The molecule has 0 aromatic heterocycles. The number of nitrogens with zero attached hydrogens (tertiary/aromatic N) is 2. The highest BCUT2D eigenvalue weighted by atomic mass is 19.3. The second kappa shape index (κ2) is 5.05. The molecule has 1 aromatic carbocycles. The molecule has 1 N–H and O–H groups in total. The van der Waals surface area contributed by atoms with Gasteiger partial charge in [0.05, 0.1) is 10.5 Å². The fourth-order valence-electron chi connectivity index (χ4n) is 1.17. The molecule has 0 aliphatic heterocycles. The Morgan fingerprint density at radius 2 is 2.17 bits per heavy atom. The Hall–Kier alpha value is -2.76. The first kappa shape index (κ1) is 13.3. The van der Waals surface area contributed by atoms with Crippen LogP contribution in [0.3, 0.4) is 0 Å². The summed E-state index contributed by atoms with van der Waals surface area (Å²) in [5.74, 6) is -2.42. The molecular weight excluding hydrogens is 254 g/mol. The zero-order valence-corrected chi connectivity index (χ0v) is 8.46. The van der Waals surface area contributed by atoms with Gasteiger partial charge in [-0.25, -0.2) is 4.79 Å². The lowest BCUT2D eigenvalue weighted by molar-refractivity contribution is -0.385. The molecule has 0 atom stereocenters. The van der Waals surface area contributed by atoms with Gasteiger partial charge >= 0.3 is 12.6 Å². The van der Waals surface area contributed by atoms with E-state index in [0.717, 1.165) is 0 Å². The second-order valence-corrected chi connectivity index (χ2v) is 2.92. The molecule has 0 bridgehead atoms. The molecule has 1 rings (SSSR count).